The quantitative estimate of drug-likeness (QED) is 0.737. The van der Waals surface area contributed by atoms with Crippen LogP contribution in [0.15, 0.2) is 22.8 Å². The molecule has 0 fully saturated rings. The van der Waals surface area contributed by atoms with Gasteiger partial charge in [-0.25, -0.2) is 4.79 Å². The van der Waals surface area contributed by atoms with E-state index >= 15 is 0 Å². The Kier molecular flexibility index (Phi) is 3.56. The lowest BCUT2D eigenvalue weighted by Gasteiger charge is -2.07. The molecule has 2 aromatic rings. The number of hydrogen-bond acceptors (Lipinski definition) is 3. The number of fused-ring (bicyclic) bond motifs is 1. The summed E-state index contributed by atoms with van der Waals surface area (Å²) in [6.07, 6.45) is 1.42. The Bertz CT molecular complexity index is 616. The predicted octanol–water partition coefficient (Wildman–Crippen LogP) is 4.09. The van der Waals surface area contributed by atoms with Gasteiger partial charge in [-0.3, -0.25) is 4.98 Å². The van der Waals surface area contributed by atoms with Crippen LogP contribution in [0.2, 0.25) is 10.0 Å². The van der Waals surface area contributed by atoms with Crippen LogP contribution in [-0.4, -0.2) is 18.1 Å². The standard InChI is InChI=1S/C11H6BrCl2NO2/c1-17-11(16)6-4-15-8-3-5(13)2-7(14)9(8)10(6)12/h2-4H,1H3. The highest BCUT2D eigenvalue weighted by Gasteiger charge is 2.16. The van der Waals surface area contributed by atoms with Crippen molar-refractivity contribution in [2.24, 2.45) is 0 Å². The maximum absolute atomic E-state index is 11.5. The normalized spacial score (nSPS) is 10.6. The molecule has 0 radical (unpaired) electrons. The van der Waals surface area contributed by atoms with Gasteiger partial charge in [-0.2, -0.15) is 0 Å². The highest BCUT2D eigenvalue weighted by atomic mass is 79.9. The molecule has 0 atom stereocenters. The van der Waals surface area contributed by atoms with Crippen molar-refractivity contribution in [2.75, 3.05) is 7.11 Å². The molecule has 0 N–H and O–H groups in total. The van der Waals surface area contributed by atoms with E-state index in [4.69, 9.17) is 23.2 Å². The van der Waals surface area contributed by atoms with Crippen LogP contribution in [0.25, 0.3) is 10.9 Å². The molecule has 17 heavy (non-hydrogen) atoms. The number of carbonyl (C=O) groups excluding carboxylic acids is 1. The van der Waals surface area contributed by atoms with Crippen LogP contribution in [0.5, 0.6) is 0 Å². The molecule has 1 aromatic heterocycles. The van der Waals surface area contributed by atoms with Gasteiger partial charge >= 0.3 is 5.97 Å². The summed E-state index contributed by atoms with van der Waals surface area (Å²) >= 11 is 15.3. The fraction of sp³-hybridized carbons (Fsp3) is 0.0909. The number of pyridine rings is 1. The minimum absolute atomic E-state index is 0.323. The summed E-state index contributed by atoms with van der Waals surface area (Å²) in [5.74, 6) is -0.475. The summed E-state index contributed by atoms with van der Waals surface area (Å²) in [4.78, 5) is 15.6. The largest absolute Gasteiger partial charge is 0.465 e. The number of methoxy groups -OCH3 is 1. The van der Waals surface area contributed by atoms with Gasteiger partial charge in [0, 0.05) is 21.1 Å². The second-order valence-electron chi connectivity index (χ2n) is 3.26. The Hall–Kier alpha value is -0.840. The summed E-state index contributed by atoms with van der Waals surface area (Å²) in [5, 5.41) is 1.56. The van der Waals surface area contributed by atoms with Crippen LogP contribution in [0.3, 0.4) is 0 Å². The Morgan fingerprint density at radius 2 is 2.12 bits per heavy atom. The molecule has 0 amide bonds. The van der Waals surface area contributed by atoms with E-state index in [1.54, 1.807) is 12.1 Å². The molecule has 3 nitrogen and oxygen atoms in total. The van der Waals surface area contributed by atoms with E-state index in [0.29, 0.717) is 31.0 Å². The Balaban J connectivity index is 2.80. The molecule has 0 aliphatic rings. The molecule has 0 saturated heterocycles. The van der Waals surface area contributed by atoms with Crippen molar-refractivity contribution in [1.29, 1.82) is 0 Å². The summed E-state index contributed by atoms with van der Waals surface area (Å²) in [6, 6.07) is 3.27. The molecule has 2 rings (SSSR count). The first-order valence-electron chi connectivity index (χ1n) is 4.56. The van der Waals surface area contributed by atoms with Gasteiger partial charge in [-0.05, 0) is 28.1 Å². The number of nitrogens with zero attached hydrogens (tertiary/aromatic N) is 1. The summed E-state index contributed by atoms with van der Waals surface area (Å²) in [7, 11) is 1.31. The second kappa shape index (κ2) is 4.80. The first kappa shape index (κ1) is 12.6. The Morgan fingerprint density at radius 1 is 1.41 bits per heavy atom. The second-order valence-corrected chi connectivity index (χ2v) is 4.90. The van der Waals surface area contributed by atoms with Crippen molar-refractivity contribution in [3.05, 3.63) is 38.4 Å². The highest BCUT2D eigenvalue weighted by Crippen LogP contribution is 2.34. The number of esters is 1. The molecule has 0 bridgehead atoms. The molecule has 0 unspecified atom stereocenters. The van der Waals surface area contributed by atoms with E-state index in [1.165, 1.54) is 13.3 Å². The van der Waals surface area contributed by atoms with Crippen LogP contribution < -0.4 is 0 Å². The Labute approximate surface area is 116 Å². The predicted molar refractivity (Wildman–Crippen MR) is 70.8 cm³/mol. The molecule has 88 valence electrons. The fourth-order valence-electron chi connectivity index (χ4n) is 1.46. The van der Waals surface area contributed by atoms with Crippen LogP contribution in [0, 0.1) is 0 Å². The third-order valence-electron chi connectivity index (χ3n) is 2.23. The van der Waals surface area contributed by atoms with Crippen molar-refractivity contribution in [2.45, 2.75) is 0 Å². The number of ether oxygens (including phenoxy) is 1. The lowest BCUT2D eigenvalue weighted by atomic mass is 10.1. The number of carbonyl (C=O) groups is 1. The third-order valence-corrected chi connectivity index (χ3v) is 3.57. The van der Waals surface area contributed by atoms with Crippen molar-refractivity contribution >= 4 is 56.0 Å². The monoisotopic (exact) mass is 333 g/mol. The lowest BCUT2D eigenvalue weighted by Crippen LogP contribution is -2.03. The molecular weight excluding hydrogens is 329 g/mol. The van der Waals surface area contributed by atoms with Gasteiger partial charge in [0.2, 0.25) is 0 Å². The lowest BCUT2D eigenvalue weighted by molar-refractivity contribution is 0.0599. The zero-order chi connectivity index (χ0) is 12.6. The van der Waals surface area contributed by atoms with Gasteiger partial charge in [0.05, 0.1) is 23.2 Å². The van der Waals surface area contributed by atoms with Crippen molar-refractivity contribution in [3.63, 3.8) is 0 Å². The average molecular weight is 335 g/mol. The van der Waals surface area contributed by atoms with E-state index < -0.39 is 5.97 Å². The highest BCUT2D eigenvalue weighted by molar-refractivity contribution is 9.10. The molecule has 6 heteroatoms. The first-order chi connectivity index (χ1) is 8.04. The third kappa shape index (κ3) is 2.25. The number of hydrogen-bond donors (Lipinski definition) is 0. The van der Waals surface area contributed by atoms with Crippen molar-refractivity contribution < 1.29 is 9.53 Å². The molecule has 0 aliphatic heterocycles. The minimum Gasteiger partial charge on any atom is -0.465 e. The number of halogens is 3. The van der Waals surface area contributed by atoms with Crippen LogP contribution >= 0.6 is 39.1 Å². The first-order valence-corrected chi connectivity index (χ1v) is 6.11. The number of aromatic nitrogens is 1. The number of benzene rings is 1. The van der Waals surface area contributed by atoms with Crippen LogP contribution in [0.4, 0.5) is 0 Å². The van der Waals surface area contributed by atoms with Gasteiger partial charge in [-0.1, -0.05) is 23.2 Å². The molecular formula is C11H6BrCl2NO2. The maximum Gasteiger partial charge on any atom is 0.340 e. The van der Waals surface area contributed by atoms with E-state index in [9.17, 15) is 4.79 Å². The Morgan fingerprint density at radius 3 is 2.76 bits per heavy atom. The van der Waals surface area contributed by atoms with Crippen molar-refractivity contribution in [1.82, 2.24) is 4.98 Å². The molecule has 0 aliphatic carbocycles. The van der Waals surface area contributed by atoms with Crippen LogP contribution in [0.1, 0.15) is 10.4 Å². The molecule has 1 heterocycles. The van der Waals surface area contributed by atoms with Gasteiger partial charge in [0.25, 0.3) is 0 Å². The van der Waals surface area contributed by atoms with E-state index in [0.717, 1.165) is 0 Å². The van der Waals surface area contributed by atoms with Gasteiger partial charge in [0.15, 0.2) is 0 Å². The molecule has 1 aromatic carbocycles. The van der Waals surface area contributed by atoms with E-state index in [-0.39, 0.29) is 0 Å². The van der Waals surface area contributed by atoms with Crippen LogP contribution in [-0.2, 0) is 4.74 Å². The van der Waals surface area contributed by atoms with Gasteiger partial charge in [0.1, 0.15) is 0 Å². The van der Waals surface area contributed by atoms with E-state index in [1.807, 2.05) is 0 Å². The number of rotatable bonds is 1. The topological polar surface area (TPSA) is 39.2 Å². The minimum atomic E-state index is -0.475. The fourth-order valence-corrected chi connectivity index (χ4v) is 2.83. The van der Waals surface area contributed by atoms with Crippen molar-refractivity contribution in [3.8, 4) is 0 Å². The molecule has 0 saturated carbocycles. The average Bonchev–Trinajstić information content (AvgIpc) is 2.27. The maximum atomic E-state index is 11.5. The summed E-state index contributed by atoms with van der Waals surface area (Å²) < 4.78 is 5.20. The van der Waals surface area contributed by atoms with E-state index in [2.05, 4.69) is 25.7 Å². The zero-order valence-corrected chi connectivity index (χ0v) is 11.7. The smallest absolute Gasteiger partial charge is 0.340 e. The van der Waals surface area contributed by atoms with Gasteiger partial charge in [-0.15, -0.1) is 0 Å². The zero-order valence-electron chi connectivity index (χ0n) is 8.63. The SMILES string of the molecule is COC(=O)c1cnc2cc(Cl)cc(Cl)c2c1Br. The van der Waals surface area contributed by atoms with Gasteiger partial charge < -0.3 is 4.74 Å². The summed E-state index contributed by atoms with van der Waals surface area (Å²) in [5.41, 5.74) is 0.936. The molecule has 0 spiro atoms. The summed E-state index contributed by atoms with van der Waals surface area (Å²) in [6.45, 7) is 0.